The lowest BCUT2D eigenvalue weighted by molar-refractivity contribution is -0.142. The number of rotatable bonds is 6. The molecule has 1 aromatic heterocycles. The minimum atomic E-state index is -0.947. The molecule has 11 heteroatoms. The second kappa shape index (κ2) is 11.3. The van der Waals surface area contributed by atoms with Crippen molar-refractivity contribution in [3.8, 4) is 0 Å². The molecule has 6 rings (SSSR count). The maximum absolute atomic E-state index is 14.3. The number of hydrogen-bond acceptors (Lipinski definition) is 7. The van der Waals surface area contributed by atoms with Gasteiger partial charge in [0.1, 0.15) is 16.9 Å². The van der Waals surface area contributed by atoms with Crippen LogP contribution in [-0.4, -0.2) is 35.5 Å². The van der Waals surface area contributed by atoms with E-state index in [2.05, 4.69) is 10.3 Å². The Bertz CT molecular complexity index is 2000. The van der Waals surface area contributed by atoms with Crippen LogP contribution in [0.15, 0.2) is 99.9 Å². The number of halogens is 1. The SMILES string of the molecule is CCOC(=O)CN1C(=O)/C(=c2/sc3n(c2=O)[C@H](c2ccc(F)cc2)C(C(=O)Nc2ccccc2)=C(C)N=3)c2ccccc21. The molecule has 9 nitrogen and oxygen atoms in total. The molecule has 0 fully saturated rings. The van der Waals surface area contributed by atoms with Crippen molar-refractivity contribution in [2.45, 2.75) is 19.9 Å². The van der Waals surface area contributed by atoms with E-state index in [9.17, 15) is 23.6 Å². The molecule has 2 aliphatic rings. The molecule has 1 N–H and O–H groups in total. The van der Waals surface area contributed by atoms with E-state index in [0.29, 0.717) is 28.2 Å². The summed E-state index contributed by atoms with van der Waals surface area (Å²) in [5, 5.41) is 2.87. The summed E-state index contributed by atoms with van der Waals surface area (Å²) >= 11 is 1.02. The van der Waals surface area contributed by atoms with E-state index in [4.69, 9.17) is 4.74 Å². The monoisotopic (exact) mass is 596 g/mol. The number of esters is 1. The maximum atomic E-state index is 14.3. The van der Waals surface area contributed by atoms with Crippen molar-refractivity contribution in [1.29, 1.82) is 0 Å². The highest BCUT2D eigenvalue weighted by molar-refractivity contribution is 7.07. The van der Waals surface area contributed by atoms with Gasteiger partial charge >= 0.3 is 5.97 Å². The van der Waals surface area contributed by atoms with Crippen molar-refractivity contribution >= 4 is 46.1 Å². The number of amides is 2. The van der Waals surface area contributed by atoms with Crippen LogP contribution in [0, 0.1) is 5.82 Å². The molecule has 0 saturated heterocycles. The molecule has 216 valence electrons. The summed E-state index contributed by atoms with van der Waals surface area (Å²) in [5.74, 6) is -2.03. The van der Waals surface area contributed by atoms with Gasteiger partial charge in [-0.3, -0.25) is 28.6 Å². The predicted octanol–water partition coefficient (Wildman–Crippen LogP) is 3.29. The Morgan fingerprint density at radius 1 is 1.00 bits per heavy atom. The van der Waals surface area contributed by atoms with Gasteiger partial charge in [0, 0.05) is 11.3 Å². The molecular formula is C32H25FN4O5S. The van der Waals surface area contributed by atoms with Crippen molar-refractivity contribution in [1.82, 2.24) is 4.57 Å². The number of thiazole rings is 1. The van der Waals surface area contributed by atoms with E-state index < -0.39 is 35.2 Å². The normalized spacial score (nSPS) is 16.9. The summed E-state index contributed by atoms with van der Waals surface area (Å²) in [6.07, 6.45) is 0. The lowest BCUT2D eigenvalue weighted by Gasteiger charge is -2.25. The molecule has 0 saturated carbocycles. The van der Waals surface area contributed by atoms with E-state index in [1.807, 2.05) is 6.07 Å². The lowest BCUT2D eigenvalue weighted by atomic mass is 9.95. The zero-order valence-electron chi connectivity index (χ0n) is 23.2. The van der Waals surface area contributed by atoms with Gasteiger partial charge in [-0.05, 0) is 49.7 Å². The summed E-state index contributed by atoms with van der Waals surface area (Å²) in [7, 11) is 0. The summed E-state index contributed by atoms with van der Waals surface area (Å²) in [6, 6.07) is 20.4. The van der Waals surface area contributed by atoms with Gasteiger partial charge in [0.2, 0.25) is 0 Å². The van der Waals surface area contributed by atoms with E-state index in [1.54, 1.807) is 62.4 Å². The number of allylic oxidation sites excluding steroid dienone is 1. The second-order valence-electron chi connectivity index (χ2n) is 9.86. The molecule has 2 amide bonds. The maximum Gasteiger partial charge on any atom is 0.326 e. The molecule has 43 heavy (non-hydrogen) atoms. The number of nitrogens with zero attached hydrogens (tertiary/aromatic N) is 3. The standard InChI is InChI=1S/C32H25FN4O5S/c1-3-42-24(38)17-36-23-12-8-7-11-22(23)26(30(36)40)28-31(41)37-27(19-13-15-20(33)16-14-19)25(18(2)34-32(37)43-28)29(39)35-21-9-5-4-6-10-21/h4-16,27H,3,17H2,1-2H3,(H,35,39)/b28-26+/t27-/m1/s1. The van der Waals surface area contributed by atoms with Crippen molar-refractivity contribution < 1.29 is 23.5 Å². The first kappa shape index (κ1) is 28.0. The van der Waals surface area contributed by atoms with Crippen LogP contribution in [-0.2, 0) is 19.1 Å². The topological polar surface area (TPSA) is 110 Å². The van der Waals surface area contributed by atoms with Gasteiger partial charge in [0.15, 0.2) is 4.80 Å². The number of hydrogen-bond donors (Lipinski definition) is 1. The van der Waals surface area contributed by atoms with E-state index >= 15 is 0 Å². The average Bonchev–Trinajstić information content (AvgIpc) is 3.45. The zero-order chi connectivity index (χ0) is 30.2. The van der Waals surface area contributed by atoms with Crippen LogP contribution in [0.4, 0.5) is 15.8 Å². The van der Waals surface area contributed by atoms with Crippen LogP contribution in [0.1, 0.15) is 31.0 Å². The Balaban J connectivity index is 1.54. The van der Waals surface area contributed by atoms with Gasteiger partial charge in [-0.1, -0.05) is 59.9 Å². The summed E-state index contributed by atoms with van der Waals surface area (Å²) in [4.78, 5) is 60.3. The van der Waals surface area contributed by atoms with Crippen LogP contribution in [0.25, 0.3) is 5.57 Å². The first-order valence-electron chi connectivity index (χ1n) is 13.5. The average molecular weight is 597 g/mol. The number of nitrogens with one attached hydrogen (secondary N) is 1. The Hall–Kier alpha value is -5.16. The summed E-state index contributed by atoms with van der Waals surface area (Å²) in [5.41, 5.74) is 2.22. The minimum Gasteiger partial charge on any atom is -0.465 e. The van der Waals surface area contributed by atoms with Crippen LogP contribution in [0.2, 0.25) is 0 Å². The van der Waals surface area contributed by atoms with Crippen LogP contribution in [0.3, 0.4) is 0 Å². The molecular weight excluding hydrogens is 571 g/mol. The molecule has 0 unspecified atom stereocenters. The van der Waals surface area contributed by atoms with Crippen molar-refractivity contribution in [2.75, 3.05) is 23.4 Å². The number of para-hydroxylation sites is 2. The number of carbonyl (C=O) groups excluding carboxylic acids is 3. The lowest BCUT2D eigenvalue weighted by Crippen LogP contribution is -2.41. The third-order valence-corrected chi connectivity index (χ3v) is 8.26. The fraction of sp³-hybridized carbons (Fsp3) is 0.156. The molecule has 3 heterocycles. The second-order valence-corrected chi connectivity index (χ2v) is 10.8. The highest BCUT2D eigenvalue weighted by Gasteiger charge is 2.37. The number of anilines is 2. The van der Waals surface area contributed by atoms with Gasteiger partial charge in [-0.2, -0.15) is 0 Å². The molecule has 1 atom stereocenters. The number of aromatic nitrogens is 1. The van der Waals surface area contributed by atoms with Crippen molar-refractivity contribution in [3.63, 3.8) is 0 Å². The summed E-state index contributed by atoms with van der Waals surface area (Å²) in [6.45, 7) is 3.20. The Morgan fingerprint density at radius 2 is 1.70 bits per heavy atom. The Labute approximate surface area is 248 Å². The number of benzene rings is 3. The smallest absolute Gasteiger partial charge is 0.326 e. The molecule has 0 spiro atoms. The molecule has 0 aliphatic carbocycles. The van der Waals surface area contributed by atoms with Crippen LogP contribution < -0.4 is 25.1 Å². The quantitative estimate of drug-likeness (QED) is 0.344. The van der Waals surface area contributed by atoms with Gasteiger partial charge < -0.3 is 10.1 Å². The van der Waals surface area contributed by atoms with E-state index in [0.717, 1.165) is 11.3 Å². The van der Waals surface area contributed by atoms with Crippen LogP contribution >= 0.6 is 11.3 Å². The van der Waals surface area contributed by atoms with Crippen molar-refractivity contribution in [2.24, 2.45) is 4.99 Å². The van der Waals surface area contributed by atoms with Gasteiger partial charge in [-0.15, -0.1) is 0 Å². The number of fused-ring (bicyclic) bond motifs is 2. The molecule has 3 aromatic carbocycles. The van der Waals surface area contributed by atoms with Gasteiger partial charge in [0.05, 0.1) is 35.2 Å². The minimum absolute atomic E-state index is 0.118. The van der Waals surface area contributed by atoms with Crippen LogP contribution in [0.5, 0.6) is 0 Å². The molecule has 4 aromatic rings. The van der Waals surface area contributed by atoms with E-state index in [-0.39, 0.29) is 33.6 Å². The summed E-state index contributed by atoms with van der Waals surface area (Å²) < 4.78 is 20.5. The fourth-order valence-corrected chi connectivity index (χ4v) is 6.47. The highest BCUT2D eigenvalue weighted by Crippen LogP contribution is 2.35. The molecule has 2 aliphatic heterocycles. The van der Waals surface area contributed by atoms with E-state index in [1.165, 1.54) is 33.7 Å². The number of ether oxygens (including phenoxy) is 1. The van der Waals surface area contributed by atoms with Gasteiger partial charge in [0.25, 0.3) is 17.4 Å². The first-order valence-corrected chi connectivity index (χ1v) is 14.3. The molecule has 0 bridgehead atoms. The predicted molar refractivity (Wildman–Crippen MR) is 160 cm³/mol. The first-order chi connectivity index (χ1) is 20.8. The number of carbonyl (C=O) groups is 3. The zero-order valence-corrected chi connectivity index (χ0v) is 24.0. The van der Waals surface area contributed by atoms with Crippen molar-refractivity contribution in [3.05, 3.63) is 127 Å². The third kappa shape index (κ3) is 4.97. The largest absolute Gasteiger partial charge is 0.465 e. The van der Waals surface area contributed by atoms with Gasteiger partial charge in [-0.25, -0.2) is 9.38 Å². The Kier molecular flexibility index (Phi) is 7.32. The Morgan fingerprint density at radius 3 is 2.42 bits per heavy atom. The highest BCUT2D eigenvalue weighted by atomic mass is 32.1. The fourth-order valence-electron chi connectivity index (χ4n) is 5.33. The third-order valence-electron chi connectivity index (χ3n) is 7.20. The molecule has 0 radical (unpaired) electrons.